The number of halogens is 3. The minimum atomic E-state index is -4.10. The first-order chi connectivity index (χ1) is 6.45. The fourth-order valence-corrected chi connectivity index (χ4v) is 0.900. The van der Waals surface area contributed by atoms with Gasteiger partial charge in [0.1, 0.15) is 0 Å². The van der Waals surface area contributed by atoms with Gasteiger partial charge in [-0.25, -0.2) is 0 Å². The first kappa shape index (κ1) is 13.7. The molecule has 5 heteroatoms. The van der Waals surface area contributed by atoms with Crippen LogP contribution in [-0.2, 0) is 0 Å². The van der Waals surface area contributed by atoms with Crippen LogP contribution in [0, 0.1) is 5.92 Å². The topological polar surface area (TPSA) is 24.1 Å². The zero-order valence-corrected chi connectivity index (χ0v) is 8.75. The van der Waals surface area contributed by atoms with Gasteiger partial charge in [-0.2, -0.15) is 13.2 Å². The molecule has 0 aliphatic heterocycles. The maximum Gasteiger partial charge on any atom is 0.401 e. The second-order valence-corrected chi connectivity index (χ2v) is 3.51. The molecule has 14 heavy (non-hydrogen) atoms. The Bertz CT molecular complexity index is 137. The lowest BCUT2D eigenvalue weighted by Crippen LogP contribution is -2.35. The van der Waals surface area contributed by atoms with Gasteiger partial charge in [0, 0.05) is 13.1 Å². The summed E-state index contributed by atoms with van der Waals surface area (Å²) in [6, 6.07) is 0. The molecule has 2 N–H and O–H groups in total. The number of hydrogen-bond donors (Lipinski definition) is 2. The first-order valence-electron chi connectivity index (χ1n) is 4.94. The van der Waals surface area contributed by atoms with E-state index in [0.29, 0.717) is 19.0 Å². The number of hydrogen-bond acceptors (Lipinski definition) is 2. The van der Waals surface area contributed by atoms with Crippen LogP contribution in [-0.4, -0.2) is 32.4 Å². The molecule has 1 unspecified atom stereocenters. The van der Waals surface area contributed by atoms with Crippen molar-refractivity contribution in [3.05, 3.63) is 0 Å². The Morgan fingerprint density at radius 1 is 1.14 bits per heavy atom. The summed E-state index contributed by atoms with van der Waals surface area (Å²) in [5.74, 6) is 0.581. The van der Waals surface area contributed by atoms with Crippen LogP contribution in [0.15, 0.2) is 0 Å². The Balaban J connectivity index is 3.14. The third kappa shape index (κ3) is 9.80. The molecule has 0 bridgehead atoms. The highest BCUT2D eigenvalue weighted by Gasteiger charge is 2.25. The lowest BCUT2D eigenvalue weighted by Gasteiger charge is -2.11. The maximum atomic E-state index is 11.7. The summed E-state index contributed by atoms with van der Waals surface area (Å²) in [4.78, 5) is 0. The summed E-state index contributed by atoms with van der Waals surface area (Å²) in [6.07, 6.45) is -3.01. The minimum absolute atomic E-state index is 0.357. The molecule has 0 aromatic rings. The Kier molecular flexibility index (Phi) is 6.92. The van der Waals surface area contributed by atoms with Gasteiger partial charge < -0.3 is 10.6 Å². The summed E-state index contributed by atoms with van der Waals surface area (Å²) in [7, 11) is 0. The zero-order valence-electron chi connectivity index (χ0n) is 8.75. The van der Waals surface area contributed by atoms with Crippen LogP contribution < -0.4 is 10.6 Å². The molecule has 0 aliphatic rings. The molecule has 0 aromatic carbocycles. The average molecular weight is 212 g/mol. The van der Waals surface area contributed by atoms with E-state index in [2.05, 4.69) is 24.5 Å². The summed E-state index contributed by atoms with van der Waals surface area (Å²) < 4.78 is 35.0. The predicted octanol–water partition coefficient (Wildman–Crippen LogP) is 1.77. The largest absolute Gasteiger partial charge is 0.401 e. The van der Waals surface area contributed by atoms with Gasteiger partial charge in [0.2, 0.25) is 0 Å². The first-order valence-corrected chi connectivity index (χ1v) is 4.94. The molecule has 2 nitrogen and oxygen atoms in total. The van der Waals surface area contributed by atoms with Crippen molar-refractivity contribution in [2.24, 2.45) is 5.92 Å². The van der Waals surface area contributed by atoms with Crippen LogP contribution >= 0.6 is 0 Å². The van der Waals surface area contributed by atoms with Crippen LogP contribution in [0.1, 0.15) is 20.3 Å². The highest BCUT2D eigenvalue weighted by molar-refractivity contribution is 4.59. The molecule has 0 rings (SSSR count). The Morgan fingerprint density at radius 3 is 2.21 bits per heavy atom. The van der Waals surface area contributed by atoms with Crippen LogP contribution in [0.2, 0.25) is 0 Å². The van der Waals surface area contributed by atoms with E-state index in [1.807, 2.05) is 0 Å². The highest BCUT2D eigenvalue weighted by atomic mass is 19.4. The molecule has 0 aromatic heterocycles. The molecule has 0 saturated carbocycles. The zero-order chi connectivity index (χ0) is 11.0. The molecule has 0 saturated heterocycles. The van der Waals surface area contributed by atoms with Crippen LogP contribution in [0.5, 0.6) is 0 Å². The highest BCUT2D eigenvalue weighted by Crippen LogP contribution is 2.11. The van der Waals surface area contributed by atoms with Crippen molar-refractivity contribution in [2.45, 2.75) is 26.4 Å². The third-order valence-electron chi connectivity index (χ3n) is 1.99. The van der Waals surface area contributed by atoms with E-state index in [9.17, 15) is 13.2 Å². The smallest absolute Gasteiger partial charge is 0.315 e. The lowest BCUT2D eigenvalue weighted by molar-refractivity contribution is -0.124. The Labute approximate surface area is 83.3 Å². The molecule has 1 atom stereocenters. The monoisotopic (exact) mass is 212 g/mol. The molecule has 0 heterocycles. The van der Waals surface area contributed by atoms with E-state index in [1.165, 1.54) is 0 Å². The van der Waals surface area contributed by atoms with Crippen molar-refractivity contribution >= 4 is 0 Å². The van der Waals surface area contributed by atoms with Crippen molar-refractivity contribution in [3.8, 4) is 0 Å². The van der Waals surface area contributed by atoms with E-state index in [1.54, 1.807) is 0 Å². The average Bonchev–Trinajstić information content (AvgIpc) is 2.08. The molecule has 86 valence electrons. The second-order valence-electron chi connectivity index (χ2n) is 3.51. The van der Waals surface area contributed by atoms with E-state index in [-0.39, 0.29) is 0 Å². The molecule has 0 spiro atoms. The molecular formula is C9H19F3N2. The number of rotatable bonds is 7. The molecule has 0 fully saturated rings. The maximum absolute atomic E-state index is 11.7. The molecule has 0 radical (unpaired) electrons. The summed E-state index contributed by atoms with van der Waals surface area (Å²) >= 11 is 0. The summed E-state index contributed by atoms with van der Waals surface area (Å²) in [5, 5.41) is 5.42. The molecule has 0 amide bonds. The SMILES string of the molecule is CCC(C)CNCCNCC(F)(F)F. The van der Waals surface area contributed by atoms with E-state index < -0.39 is 12.7 Å². The van der Waals surface area contributed by atoms with Crippen LogP contribution in [0.3, 0.4) is 0 Å². The van der Waals surface area contributed by atoms with Crippen LogP contribution in [0.4, 0.5) is 13.2 Å². The quantitative estimate of drug-likeness (QED) is 0.628. The Morgan fingerprint density at radius 2 is 1.71 bits per heavy atom. The number of nitrogens with one attached hydrogen (secondary N) is 2. The van der Waals surface area contributed by atoms with Gasteiger partial charge in [0.15, 0.2) is 0 Å². The lowest BCUT2D eigenvalue weighted by atomic mass is 10.1. The van der Waals surface area contributed by atoms with Crippen molar-refractivity contribution in [1.82, 2.24) is 10.6 Å². The van der Waals surface area contributed by atoms with E-state index >= 15 is 0 Å². The summed E-state index contributed by atoms with van der Waals surface area (Å²) in [5.41, 5.74) is 0. The van der Waals surface area contributed by atoms with Crippen molar-refractivity contribution in [3.63, 3.8) is 0 Å². The van der Waals surface area contributed by atoms with Crippen molar-refractivity contribution < 1.29 is 13.2 Å². The van der Waals surface area contributed by atoms with Crippen molar-refractivity contribution in [1.29, 1.82) is 0 Å². The van der Waals surface area contributed by atoms with Crippen LogP contribution in [0.25, 0.3) is 0 Å². The van der Waals surface area contributed by atoms with Gasteiger partial charge in [0.25, 0.3) is 0 Å². The third-order valence-corrected chi connectivity index (χ3v) is 1.99. The van der Waals surface area contributed by atoms with E-state index in [0.717, 1.165) is 13.0 Å². The van der Waals surface area contributed by atoms with Crippen molar-refractivity contribution in [2.75, 3.05) is 26.2 Å². The van der Waals surface area contributed by atoms with Gasteiger partial charge in [0.05, 0.1) is 6.54 Å². The number of alkyl halides is 3. The van der Waals surface area contributed by atoms with Gasteiger partial charge in [-0.15, -0.1) is 0 Å². The normalized spacial score (nSPS) is 14.4. The van der Waals surface area contributed by atoms with Gasteiger partial charge in [-0.05, 0) is 12.5 Å². The molecular weight excluding hydrogens is 193 g/mol. The second kappa shape index (κ2) is 7.06. The Hall–Kier alpha value is -0.290. The fraction of sp³-hybridized carbons (Fsp3) is 1.00. The fourth-order valence-electron chi connectivity index (χ4n) is 0.900. The summed E-state index contributed by atoms with van der Waals surface area (Å²) in [6.45, 7) is 5.10. The van der Waals surface area contributed by atoms with Gasteiger partial charge >= 0.3 is 6.18 Å². The predicted molar refractivity (Wildman–Crippen MR) is 51.2 cm³/mol. The van der Waals surface area contributed by atoms with E-state index in [4.69, 9.17) is 0 Å². The molecule has 0 aliphatic carbocycles. The van der Waals surface area contributed by atoms with Gasteiger partial charge in [-0.1, -0.05) is 20.3 Å². The minimum Gasteiger partial charge on any atom is -0.315 e. The standard InChI is InChI=1S/C9H19F3N2/c1-3-8(2)6-13-4-5-14-7-9(10,11)12/h8,13-14H,3-7H2,1-2H3. The van der Waals surface area contributed by atoms with Gasteiger partial charge in [-0.3, -0.25) is 0 Å².